The summed E-state index contributed by atoms with van der Waals surface area (Å²) in [7, 11) is 0. The minimum atomic E-state index is -0.525. The molecular weight excluding hydrogens is 281 g/mol. The van der Waals surface area contributed by atoms with Crippen LogP contribution in [-0.4, -0.2) is 22.4 Å². The number of imidazole rings is 1. The van der Waals surface area contributed by atoms with Crippen molar-refractivity contribution in [3.05, 3.63) is 41.5 Å². The first kappa shape index (κ1) is 14.8. The van der Waals surface area contributed by atoms with Crippen LogP contribution in [0.1, 0.15) is 48.9 Å². The average Bonchev–Trinajstić information content (AvgIpc) is 2.79. The molecule has 0 radical (unpaired) electrons. The Hall–Kier alpha value is -2.17. The lowest BCUT2D eigenvalue weighted by molar-refractivity contribution is 0.0950. The Morgan fingerprint density at radius 3 is 3.14 bits per heavy atom. The molecule has 1 aliphatic rings. The van der Waals surface area contributed by atoms with Crippen LogP contribution in [0.3, 0.4) is 0 Å². The lowest BCUT2D eigenvalue weighted by Crippen LogP contribution is -2.25. The summed E-state index contributed by atoms with van der Waals surface area (Å²) < 4.78 is 14.0. The monoisotopic (exact) mass is 301 g/mol. The van der Waals surface area contributed by atoms with E-state index in [1.165, 1.54) is 43.3 Å². The summed E-state index contributed by atoms with van der Waals surface area (Å²) in [5.41, 5.74) is 2.64. The Bertz CT molecular complexity index is 705. The van der Waals surface area contributed by atoms with Crippen LogP contribution in [0.25, 0.3) is 11.0 Å². The van der Waals surface area contributed by atoms with Crippen molar-refractivity contribution in [1.29, 1.82) is 0 Å². The molecule has 5 heteroatoms. The molecule has 0 unspecified atom stereocenters. The third-order valence-electron chi connectivity index (χ3n) is 4.12. The minimum absolute atomic E-state index is 0.0504. The van der Waals surface area contributed by atoms with E-state index in [0.29, 0.717) is 17.6 Å². The standard InChI is InChI=1S/C17H20FN3O/c18-14-10-16-15(20-11-21-16)9-13(14)17(22)19-8-7-12-5-3-1-2-4-6-12/h5,9-11H,1-4,6-8H2,(H,19,22)(H,20,21). The molecule has 0 bridgehead atoms. The van der Waals surface area contributed by atoms with Gasteiger partial charge in [-0.3, -0.25) is 4.79 Å². The first-order chi connectivity index (χ1) is 10.7. The number of hydrogen-bond donors (Lipinski definition) is 2. The van der Waals surface area contributed by atoms with E-state index in [1.807, 2.05) is 0 Å². The number of carbonyl (C=O) groups excluding carboxylic acids is 1. The molecule has 1 aromatic heterocycles. The zero-order chi connectivity index (χ0) is 15.4. The number of aromatic amines is 1. The molecule has 0 saturated heterocycles. The highest BCUT2D eigenvalue weighted by atomic mass is 19.1. The van der Waals surface area contributed by atoms with Crippen molar-refractivity contribution in [3.63, 3.8) is 0 Å². The van der Waals surface area contributed by atoms with Crippen LogP contribution in [0.5, 0.6) is 0 Å². The van der Waals surface area contributed by atoms with Gasteiger partial charge in [0.2, 0.25) is 0 Å². The van der Waals surface area contributed by atoms with Gasteiger partial charge in [-0.2, -0.15) is 0 Å². The maximum Gasteiger partial charge on any atom is 0.254 e. The molecule has 4 nitrogen and oxygen atoms in total. The van der Waals surface area contributed by atoms with Crippen molar-refractivity contribution in [3.8, 4) is 0 Å². The van der Waals surface area contributed by atoms with Crippen LogP contribution in [-0.2, 0) is 0 Å². The average molecular weight is 301 g/mol. The molecule has 0 saturated carbocycles. The summed E-state index contributed by atoms with van der Waals surface area (Å²) in [5, 5.41) is 2.81. The fourth-order valence-electron chi connectivity index (χ4n) is 2.87. The highest BCUT2D eigenvalue weighted by Crippen LogP contribution is 2.19. The van der Waals surface area contributed by atoms with Crippen LogP contribution < -0.4 is 5.32 Å². The molecule has 2 N–H and O–H groups in total. The molecule has 1 heterocycles. The minimum Gasteiger partial charge on any atom is -0.352 e. The van der Waals surface area contributed by atoms with Crippen molar-refractivity contribution >= 4 is 16.9 Å². The van der Waals surface area contributed by atoms with Gasteiger partial charge >= 0.3 is 0 Å². The number of carbonyl (C=O) groups is 1. The third kappa shape index (κ3) is 3.35. The number of amides is 1. The van der Waals surface area contributed by atoms with Crippen molar-refractivity contribution in [2.24, 2.45) is 0 Å². The molecule has 1 amide bonds. The smallest absolute Gasteiger partial charge is 0.254 e. The van der Waals surface area contributed by atoms with Gasteiger partial charge in [0.05, 0.1) is 22.9 Å². The second-order valence-corrected chi connectivity index (χ2v) is 5.72. The zero-order valence-electron chi connectivity index (χ0n) is 12.5. The molecule has 22 heavy (non-hydrogen) atoms. The van der Waals surface area contributed by atoms with Crippen LogP contribution in [0.15, 0.2) is 30.1 Å². The van der Waals surface area contributed by atoms with Crippen molar-refractivity contribution in [2.75, 3.05) is 6.54 Å². The quantitative estimate of drug-likeness (QED) is 0.846. The van der Waals surface area contributed by atoms with Crippen molar-refractivity contribution in [2.45, 2.75) is 38.5 Å². The number of benzene rings is 1. The molecule has 0 atom stereocenters. The van der Waals surface area contributed by atoms with E-state index in [4.69, 9.17) is 0 Å². The SMILES string of the molecule is O=C(NCCC1=CCCCCC1)c1cc2nc[nH]c2cc1F. The maximum absolute atomic E-state index is 14.0. The summed E-state index contributed by atoms with van der Waals surface area (Å²) in [6.07, 6.45) is 10.6. The third-order valence-corrected chi connectivity index (χ3v) is 4.12. The second kappa shape index (κ2) is 6.73. The van der Waals surface area contributed by atoms with Gasteiger partial charge in [-0.05, 0) is 38.2 Å². The van der Waals surface area contributed by atoms with Gasteiger partial charge in [-0.25, -0.2) is 9.37 Å². The largest absolute Gasteiger partial charge is 0.352 e. The Morgan fingerprint density at radius 2 is 2.23 bits per heavy atom. The van der Waals surface area contributed by atoms with Crippen molar-refractivity contribution < 1.29 is 9.18 Å². The Kier molecular flexibility index (Phi) is 4.51. The van der Waals surface area contributed by atoms with Gasteiger partial charge in [0, 0.05) is 12.6 Å². The topological polar surface area (TPSA) is 57.8 Å². The van der Waals surface area contributed by atoms with E-state index in [2.05, 4.69) is 21.4 Å². The molecule has 0 aliphatic heterocycles. The van der Waals surface area contributed by atoms with Gasteiger partial charge in [0.15, 0.2) is 0 Å². The number of allylic oxidation sites excluding steroid dienone is 1. The van der Waals surface area contributed by atoms with Crippen LogP contribution in [0.4, 0.5) is 4.39 Å². The number of H-pyrrole nitrogens is 1. The Labute approximate surface area is 128 Å². The summed E-state index contributed by atoms with van der Waals surface area (Å²) in [4.78, 5) is 19.0. The Balaban J connectivity index is 1.60. The summed E-state index contributed by atoms with van der Waals surface area (Å²) in [5.74, 6) is -0.903. The van der Waals surface area contributed by atoms with E-state index >= 15 is 0 Å². The number of hydrogen-bond acceptors (Lipinski definition) is 2. The molecule has 116 valence electrons. The lowest BCUT2D eigenvalue weighted by Gasteiger charge is -2.08. The van der Waals surface area contributed by atoms with Gasteiger partial charge in [0.25, 0.3) is 5.91 Å². The molecule has 0 spiro atoms. The predicted octanol–water partition coefficient (Wildman–Crippen LogP) is 3.71. The predicted molar refractivity (Wildman–Crippen MR) is 84.2 cm³/mol. The molecular formula is C17H20FN3O. The molecule has 1 aliphatic carbocycles. The fraction of sp³-hybridized carbons (Fsp3) is 0.412. The van der Waals surface area contributed by atoms with Gasteiger partial charge in [-0.15, -0.1) is 0 Å². The lowest BCUT2D eigenvalue weighted by atomic mass is 10.1. The number of aromatic nitrogens is 2. The first-order valence-corrected chi connectivity index (χ1v) is 7.83. The van der Waals surface area contributed by atoms with E-state index in [9.17, 15) is 9.18 Å². The molecule has 3 rings (SSSR count). The summed E-state index contributed by atoms with van der Waals surface area (Å²) in [6, 6.07) is 2.80. The van der Waals surface area contributed by atoms with Gasteiger partial charge in [-0.1, -0.05) is 18.1 Å². The number of nitrogens with zero attached hydrogens (tertiary/aromatic N) is 1. The maximum atomic E-state index is 14.0. The van der Waals surface area contributed by atoms with Crippen LogP contribution in [0, 0.1) is 5.82 Å². The highest BCUT2D eigenvalue weighted by Gasteiger charge is 2.14. The number of nitrogens with one attached hydrogen (secondary N) is 2. The van der Waals surface area contributed by atoms with E-state index in [1.54, 1.807) is 0 Å². The van der Waals surface area contributed by atoms with E-state index in [-0.39, 0.29) is 11.5 Å². The van der Waals surface area contributed by atoms with E-state index < -0.39 is 5.82 Å². The normalized spacial score (nSPS) is 15.4. The van der Waals surface area contributed by atoms with Gasteiger partial charge in [0.1, 0.15) is 5.82 Å². The summed E-state index contributed by atoms with van der Waals surface area (Å²) >= 11 is 0. The number of fused-ring (bicyclic) bond motifs is 1. The zero-order valence-corrected chi connectivity index (χ0v) is 12.5. The number of halogens is 1. The Morgan fingerprint density at radius 1 is 1.32 bits per heavy atom. The highest BCUT2D eigenvalue weighted by molar-refractivity contribution is 5.97. The van der Waals surface area contributed by atoms with Crippen molar-refractivity contribution in [1.82, 2.24) is 15.3 Å². The van der Waals surface area contributed by atoms with Crippen LogP contribution in [0.2, 0.25) is 0 Å². The fourth-order valence-corrected chi connectivity index (χ4v) is 2.87. The molecule has 1 aromatic carbocycles. The summed E-state index contributed by atoms with van der Waals surface area (Å²) in [6.45, 7) is 0.544. The molecule has 0 fully saturated rings. The van der Waals surface area contributed by atoms with Crippen LogP contribution >= 0.6 is 0 Å². The first-order valence-electron chi connectivity index (χ1n) is 7.83. The van der Waals surface area contributed by atoms with Gasteiger partial charge < -0.3 is 10.3 Å². The molecule has 2 aromatic rings. The number of rotatable bonds is 4. The second-order valence-electron chi connectivity index (χ2n) is 5.72. The van der Waals surface area contributed by atoms with E-state index in [0.717, 1.165) is 19.3 Å².